The Morgan fingerprint density at radius 3 is 2.50 bits per heavy atom. The van der Waals surface area contributed by atoms with E-state index in [2.05, 4.69) is 20.3 Å². The molecule has 0 fully saturated rings. The van der Waals surface area contributed by atoms with Gasteiger partial charge in [-0.3, -0.25) is 4.98 Å². The lowest BCUT2D eigenvalue weighted by Gasteiger charge is -2.04. The van der Waals surface area contributed by atoms with Crippen LogP contribution < -0.4 is 10.1 Å². The number of rotatable bonds is 4. The zero-order valence-electron chi connectivity index (χ0n) is 12.5. The highest BCUT2D eigenvalue weighted by atomic mass is 19.1. The van der Waals surface area contributed by atoms with Crippen LogP contribution in [-0.4, -0.2) is 15.0 Å². The average Bonchev–Trinajstić information content (AvgIpc) is 2.99. The third-order valence-electron chi connectivity index (χ3n) is 3.45. The first-order chi connectivity index (χ1) is 11.8. The molecule has 4 aromatic rings. The Kier molecular flexibility index (Phi) is 3.55. The van der Waals surface area contributed by atoms with Gasteiger partial charge in [0.05, 0.1) is 11.0 Å². The predicted octanol–water partition coefficient (Wildman–Crippen LogP) is 4.63. The molecule has 4 rings (SSSR count). The molecule has 0 bridgehead atoms. The van der Waals surface area contributed by atoms with Crippen molar-refractivity contribution in [2.24, 2.45) is 0 Å². The zero-order chi connectivity index (χ0) is 16.4. The minimum absolute atomic E-state index is 0.275. The van der Waals surface area contributed by atoms with Gasteiger partial charge in [0, 0.05) is 24.1 Å². The molecule has 6 heteroatoms. The Morgan fingerprint density at radius 2 is 1.71 bits per heavy atom. The lowest BCUT2D eigenvalue weighted by molar-refractivity contribution is 0.482. The molecule has 0 aliphatic rings. The van der Waals surface area contributed by atoms with E-state index in [1.807, 2.05) is 18.2 Å². The Labute approximate surface area is 137 Å². The van der Waals surface area contributed by atoms with E-state index in [9.17, 15) is 4.39 Å². The van der Waals surface area contributed by atoms with Crippen LogP contribution in [0, 0.1) is 5.82 Å². The van der Waals surface area contributed by atoms with Gasteiger partial charge in [-0.1, -0.05) is 0 Å². The molecule has 2 heterocycles. The van der Waals surface area contributed by atoms with E-state index in [0.717, 1.165) is 16.7 Å². The minimum atomic E-state index is -0.275. The second-order valence-electron chi connectivity index (χ2n) is 5.18. The third-order valence-corrected chi connectivity index (χ3v) is 3.45. The lowest BCUT2D eigenvalue weighted by Crippen LogP contribution is -1.91. The van der Waals surface area contributed by atoms with Crippen LogP contribution >= 0.6 is 0 Å². The summed E-state index contributed by atoms with van der Waals surface area (Å²) in [5.74, 6) is 1.72. The highest BCUT2D eigenvalue weighted by Crippen LogP contribution is 2.26. The molecule has 0 saturated heterocycles. The van der Waals surface area contributed by atoms with Crippen LogP contribution in [0.5, 0.6) is 11.5 Å². The predicted molar refractivity (Wildman–Crippen MR) is 90.1 cm³/mol. The van der Waals surface area contributed by atoms with E-state index in [-0.39, 0.29) is 5.82 Å². The highest BCUT2D eigenvalue weighted by Gasteiger charge is 2.05. The van der Waals surface area contributed by atoms with Crippen molar-refractivity contribution in [3.8, 4) is 11.5 Å². The van der Waals surface area contributed by atoms with E-state index in [0.29, 0.717) is 17.4 Å². The molecule has 0 unspecified atom stereocenters. The standard InChI is InChI=1S/C18H13FN4O/c19-12-1-3-13(4-2-12)21-18-22-16-6-5-15(11-17(16)23-18)24-14-7-9-20-10-8-14/h1-11H,(H2,21,22,23). The minimum Gasteiger partial charge on any atom is -0.457 e. The van der Waals surface area contributed by atoms with Gasteiger partial charge in [0.1, 0.15) is 17.3 Å². The van der Waals surface area contributed by atoms with Crippen molar-refractivity contribution in [1.29, 1.82) is 0 Å². The normalized spacial score (nSPS) is 10.7. The molecule has 0 amide bonds. The summed E-state index contributed by atoms with van der Waals surface area (Å²) in [6.45, 7) is 0. The van der Waals surface area contributed by atoms with Crippen molar-refractivity contribution in [3.05, 3.63) is 72.8 Å². The summed E-state index contributed by atoms with van der Waals surface area (Å²) in [5, 5.41) is 3.11. The Balaban J connectivity index is 1.58. The molecular formula is C18H13FN4O. The summed E-state index contributed by atoms with van der Waals surface area (Å²) in [6.07, 6.45) is 3.35. The van der Waals surface area contributed by atoms with Crippen molar-refractivity contribution in [2.45, 2.75) is 0 Å². The monoisotopic (exact) mass is 320 g/mol. The number of aromatic amines is 1. The van der Waals surface area contributed by atoms with Crippen LogP contribution in [-0.2, 0) is 0 Å². The summed E-state index contributed by atoms with van der Waals surface area (Å²) in [6, 6.07) is 15.3. The van der Waals surface area contributed by atoms with E-state index in [1.54, 1.807) is 36.7 Å². The van der Waals surface area contributed by atoms with Crippen molar-refractivity contribution < 1.29 is 9.13 Å². The Morgan fingerprint density at radius 1 is 0.917 bits per heavy atom. The average molecular weight is 320 g/mol. The second kappa shape index (κ2) is 6.00. The van der Waals surface area contributed by atoms with E-state index in [4.69, 9.17) is 4.74 Å². The molecule has 2 N–H and O–H groups in total. The summed E-state index contributed by atoms with van der Waals surface area (Å²) >= 11 is 0. The number of imidazole rings is 1. The van der Waals surface area contributed by atoms with Gasteiger partial charge in [0.2, 0.25) is 5.95 Å². The van der Waals surface area contributed by atoms with Crippen molar-refractivity contribution in [3.63, 3.8) is 0 Å². The molecule has 2 aromatic heterocycles. The lowest BCUT2D eigenvalue weighted by atomic mass is 10.3. The number of fused-ring (bicyclic) bond motifs is 1. The number of aromatic nitrogens is 3. The van der Waals surface area contributed by atoms with Crippen molar-refractivity contribution >= 4 is 22.7 Å². The molecule has 24 heavy (non-hydrogen) atoms. The number of benzene rings is 2. The fourth-order valence-electron chi connectivity index (χ4n) is 2.32. The number of ether oxygens (including phenoxy) is 1. The molecule has 0 saturated carbocycles. The van der Waals surface area contributed by atoms with Crippen LogP contribution in [0.1, 0.15) is 0 Å². The van der Waals surface area contributed by atoms with Crippen molar-refractivity contribution in [2.75, 3.05) is 5.32 Å². The molecule has 0 aliphatic carbocycles. The van der Waals surface area contributed by atoms with Gasteiger partial charge in [-0.05, 0) is 48.5 Å². The summed E-state index contributed by atoms with van der Waals surface area (Å²) < 4.78 is 18.7. The van der Waals surface area contributed by atoms with Gasteiger partial charge < -0.3 is 15.0 Å². The fraction of sp³-hybridized carbons (Fsp3) is 0. The van der Waals surface area contributed by atoms with Crippen LogP contribution in [0.4, 0.5) is 16.0 Å². The number of anilines is 2. The van der Waals surface area contributed by atoms with Crippen LogP contribution in [0.3, 0.4) is 0 Å². The number of hydrogen-bond donors (Lipinski definition) is 2. The quantitative estimate of drug-likeness (QED) is 0.575. The molecule has 0 spiro atoms. The van der Waals surface area contributed by atoms with Gasteiger partial charge in [0.25, 0.3) is 0 Å². The van der Waals surface area contributed by atoms with Crippen LogP contribution in [0.25, 0.3) is 11.0 Å². The maximum atomic E-state index is 12.9. The van der Waals surface area contributed by atoms with Gasteiger partial charge in [-0.15, -0.1) is 0 Å². The summed E-state index contributed by atoms with van der Waals surface area (Å²) in [5.41, 5.74) is 2.40. The maximum absolute atomic E-state index is 12.9. The number of hydrogen-bond acceptors (Lipinski definition) is 4. The first-order valence-corrected chi connectivity index (χ1v) is 7.36. The van der Waals surface area contributed by atoms with Crippen molar-refractivity contribution in [1.82, 2.24) is 15.0 Å². The maximum Gasteiger partial charge on any atom is 0.205 e. The van der Waals surface area contributed by atoms with Gasteiger partial charge in [-0.25, -0.2) is 9.37 Å². The van der Waals surface area contributed by atoms with Gasteiger partial charge in [0.15, 0.2) is 0 Å². The molecule has 118 valence electrons. The Hall–Kier alpha value is -3.41. The number of nitrogens with zero attached hydrogens (tertiary/aromatic N) is 2. The van der Waals surface area contributed by atoms with E-state index >= 15 is 0 Å². The van der Waals surface area contributed by atoms with Gasteiger partial charge in [-0.2, -0.15) is 0 Å². The topological polar surface area (TPSA) is 62.8 Å². The van der Waals surface area contributed by atoms with Crippen LogP contribution in [0.15, 0.2) is 67.0 Å². The number of pyridine rings is 1. The molecule has 5 nitrogen and oxygen atoms in total. The first-order valence-electron chi connectivity index (χ1n) is 7.36. The first kappa shape index (κ1) is 14.2. The van der Waals surface area contributed by atoms with Gasteiger partial charge >= 0.3 is 0 Å². The summed E-state index contributed by atoms with van der Waals surface area (Å²) in [7, 11) is 0. The van der Waals surface area contributed by atoms with E-state index < -0.39 is 0 Å². The van der Waals surface area contributed by atoms with E-state index in [1.165, 1.54) is 12.1 Å². The molecular weight excluding hydrogens is 307 g/mol. The fourth-order valence-corrected chi connectivity index (χ4v) is 2.32. The third kappa shape index (κ3) is 3.03. The molecule has 0 aliphatic heterocycles. The highest BCUT2D eigenvalue weighted by molar-refractivity contribution is 5.80. The van der Waals surface area contributed by atoms with Crippen LogP contribution in [0.2, 0.25) is 0 Å². The molecule has 2 aromatic carbocycles. The molecule has 0 atom stereocenters. The largest absolute Gasteiger partial charge is 0.457 e. The number of halogens is 1. The summed E-state index contributed by atoms with van der Waals surface area (Å²) in [4.78, 5) is 11.6. The molecule has 0 radical (unpaired) electrons. The SMILES string of the molecule is Fc1ccc(Nc2nc3ccc(Oc4ccncc4)cc3[nH]2)cc1. The number of H-pyrrole nitrogens is 1. The second-order valence-corrected chi connectivity index (χ2v) is 5.18. The Bertz CT molecular complexity index is 967. The zero-order valence-corrected chi connectivity index (χ0v) is 12.5. The number of nitrogens with one attached hydrogen (secondary N) is 2. The smallest absolute Gasteiger partial charge is 0.205 e.